The Morgan fingerprint density at radius 3 is 2.55 bits per heavy atom. The summed E-state index contributed by atoms with van der Waals surface area (Å²) >= 11 is 0. The van der Waals surface area contributed by atoms with Crippen molar-refractivity contribution in [3.05, 3.63) is 11.8 Å². The van der Waals surface area contributed by atoms with Crippen LogP contribution < -0.4 is 10.6 Å². The van der Waals surface area contributed by atoms with Gasteiger partial charge in [-0.15, -0.1) is 0 Å². The van der Waals surface area contributed by atoms with Crippen LogP contribution in [0.4, 0.5) is 10.6 Å². The monoisotopic (exact) mass is 280 g/mol. The Bertz CT molecular complexity index is 432. The van der Waals surface area contributed by atoms with Gasteiger partial charge in [0.25, 0.3) is 0 Å². The first-order valence-corrected chi connectivity index (χ1v) is 7.44. The summed E-state index contributed by atoms with van der Waals surface area (Å²) in [6.45, 7) is 9.21. The van der Waals surface area contributed by atoms with Crippen LogP contribution in [0.25, 0.3) is 0 Å². The second-order valence-electron chi connectivity index (χ2n) is 6.23. The summed E-state index contributed by atoms with van der Waals surface area (Å²) in [5.74, 6) is 0.723. The molecule has 1 heterocycles. The molecule has 2 amide bonds. The highest BCUT2D eigenvalue weighted by atomic mass is 16.2. The van der Waals surface area contributed by atoms with E-state index in [4.69, 9.17) is 0 Å². The summed E-state index contributed by atoms with van der Waals surface area (Å²) in [7, 11) is 1.84. The zero-order valence-electron chi connectivity index (χ0n) is 13.4. The Morgan fingerprint density at radius 2 is 2.00 bits per heavy atom. The summed E-state index contributed by atoms with van der Waals surface area (Å²) in [6, 6.07) is 1.77. The second-order valence-corrected chi connectivity index (χ2v) is 6.23. The molecule has 0 atom stereocenters. The van der Waals surface area contributed by atoms with Gasteiger partial charge in [-0.2, -0.15) is 5.10 Å². The lowest BCUT2D eigenvalue weighted by Gasteiger charge is -2.13. The average Bonchev–Trinajstić information content (AvgIpc) is 2.70. The molecule has 0 bridgehead atoms. The normalized spacial score (nSPS) is 11.4. The number of aryl methyl sites for hydroxylation is 1. The first kappa shape index (κ1) is 16.5. The van der Waals surface area contributed by atoms with Gasteiger partial charge in [0.15, 0.2) is 0 Å². The van der Waals surface area contributed by atoms with E-state index in [1.807, 2.05) is 13.1 Å². The quantitative estimate of drug-likeness (QED) is 0.784. The van der Waals surface area contributed by atoms with Crippen molar-refractivity contribution >= 4 is 11.8 Å². The fraction of sp³-hybridized carbons (Fsp3) is 0.733. The molecule has 0 spiro atoms. The van der Waals surface area contributed by atoms with E-state index in [0.717, 1.165) is 30.9 Å². The Kier molecular flexibility index (Phi) is 6.05. The summed E-state index contributed by atoms with van der Waals surface area (Å²) in [5, 5.41) is 10.1. The van der Waals surface area contributed by atoms with E-state index < -0.39 is 0 Å². The Balaban J connectivity index is 2.44. The van der Waals surface area contributed by atoms with Gasteiger partial charge in [0.2, 0.25) is 0 Å². The molecule has 1 aromatic heterocycles. The van der Waals surface area contributed by atoms with Gasteiger partial charge in [-0.1, -0.05) is 47.0 Å². The number of amides is 2. The number of carbonyl (C=O) groups excluding carboxylic acids is 1. The lowest BCUT2D eigenvalue weighted by Crippen LogP contribution is -2.30. The summed E-state index contributed by atoms with van der Waals surface area (Å²) in [6.07, 6.45) is 4.62. The molecule has 0 fully saturated rings. The highest BCUT2D eigenvalue weighted by molar-refractivity contribution is 5.88. The van der Waals surface area contributed by atoms with E-state index in [2.05, 4.69) is 43.4 Å². The number of anilines is 1. The van der Waals surface area contributed by atoms with Crippen LogP contribution in [0, 0.1) is 0 Å². The van der Waals surface area contributed by atoms with E-state index in [1.165, 1.54) is 12.8 Å². The summed E-state index contributed by atoms with van der Waals surface area (Å²) < 4.78 is 1.71. The third-order valence-corrected chi connectivity index (χ3v) is 3.21. The average molecular weight is 280 g/mol. The lowest BCUT2D eigenvalue weighted by molar-refractivity contribution is 0.251. The third kappa shape index (κ3) is 5.23. The van der Waals surface area contributed by atoms with Crippen LogP contribution in [-0.4, -0.2) is 22.4 Å². The molecule has 0 unspecified atom stereocenters. The molecule has 0 saturated heterocycles. The molecule has 5 nitrogen and oxygen atoms in total. The SMILES string of the molecule is CCCCCCNC(=O)Nc1cc(C(C)(C)C)nn1C. The summed E-state index contributed by atoms with van der Waals surface area (Å²) in [5.41, 5.74) is 0.951. The maximum Gasteiger partial charge on any atom is 0.320 e. The van der Waals surface area contributed by atoms with Crippen molar-refractivity contribution in [3.8, 4) is 0 Å². The number of nitrogens with one attached hydrogen (secondary N) is 2. The molecule has 0 aliphatic carbocycles. The number of aromatic nitrogens is 2. The molecule has 5 heteroatoms. The predicted octanol–water partition coefficient (Wildman–Crippen LogP) is 3.42. The van der Waals surface area contributed by atoms with Crippen LogP contribution in [0.3, 0.4) is 0 Å². The van der Waals surface area contributed by atoms with Gasteiger partial charge in [0, 0.05) is 25.1 Å². The fourth-order valence-electron chi connectivity index (χ4n) is 1.86. The van der Waals surface area contributed by atoms with Gasteiger partial charge in [0.1, 0.15) is 5.82 Å². The second kappa shape index (κ2) is 7.31. The number of hydrogen-bond acceptors (Lipinski definition) is 2. The van der Waals surface area contributed by atoms with Crippen molar-refractivity contribution in [3.63, 3.8) is 0 Å². The van der Waals surface area contributed by atoms with Gasteiger partial charge in [-0.05, 0) is 6.42 Å². The van der Waals surface area contributed by atoms with Gasteiger partial charge < -0.3 is 5.32 Å². The highest BCUT2D eigenvalue weighted by Gasteiger charge is 2.19. The van der Waals surface area contributed by atoms with Crippen LogP contribution in [0.5, 0.6) is 0 Å². The minimum absolute atomic E-state index is 0.0195. The zero-order chi connectivity index (χ0) is 15.2. The number of unbranched alkanes of at least 4 members (excludes halogenated alkanes) is 3. The van der Waals surface area contributed by atoms with Gasteiger partial charge in [0.05, 0.1) is 5.69 Å². The molecule has 0 aliphatic rings. The number of urea groups is 1. The molecule has 1 rings (SSSR count). The maximum atomic E-state index is 11.8. The maximum absolute atomic E-state index is 11.8. The van der Waals surface area contributed by atoms with Crippen molar-refractivity contribution in [2.45, 2.75) is 58.8 Å². The van der Waals surface area contributed by atoms with Crippen LogP contribution in [0.1, 0.15) is 59.1 Å². The van der Waals surface area contributed by atoms with Crippen LogP contribution >= 0.6 is 0 Å². The van der Waals surface area contributed by atoms with E-state index in [0.29, 0.717) is 0 Å². The van der Waals surface area contributed by atoms with Crippen LogP contribution in [0.15, 0.2) is 6.07 Å². The van der Waals surface area contributed by atoms with Gasteiger partial charge >= 0.3 is 6.03 Å². The minimum Gasteiger partial charge on any atom is -0.338 e. The first-order valence-electron chi connectivity index (χ1n) is 7.44. The van der Waals surface area contributed by atoms with Crippen molar-refractivity contribution in [2.24, 2.45) is 7.05 Å². The van der Waals surface area contributed by atoms with Gasteiger partial charge in [-0.25, -0.2) is 4.79 Å². The molecule has 114 valence electrons. The predicted molar refractivity (Wildman–Crippen MR) is 83.1 cm³/mol. The molecule has 2 N–H and O–H groups in total. The standard InChI is InChI=1S/C15H28N4O/c1-6-7-8-9-10-16-14(20)17-13-11-12(15(2,3)4)18-19(13)5/h11H,6-10H2,1-5H3,(H2,16,17,20). The zero-order valence-corrected chi connectivity index (χ0v) is 13.4. The van der Waals surface area contributed by atoms with E-state index in [1.54, 1.807) is 4.68 Å². The number of nitrogens with zero attached hydrogens (tertiary/aromatic N) is 2. The molecular formula is C15H28N4O. The van der Waals surface area contributed by atoms with E-state index in [9.17, 15) is 4.79 Å². The molecule has 1 aromatic rings. The van der Waals surface area contributed by atoms with Crippen LogP contribution in [0.2, 0.25) is 0 Å². The first-order chi connectivity index (χ1) is 9.34. The lowest BCUT2D eigenvalue weighted by atomic mass is 9.92. The fourth-order valence-corrected chi connectivity index (χ4v) is 1.86. The molecule has 0 saturated carbocycles. The molecule has 0 radical (unpaired) electrons. The molecule has 0 aliphatic heterocycles. The molecule has 0 aromatic carbocycles. The number of hydrogen-bond donors (Lipinski definition) is 2. The van der Waals surface area contributed by atoms with E-state index in [-0.39, 0.29) is 11.4 Å². The van der Waals surface area contributed by atoms with Crippen molar-refractivity contribution in [2.75, 3.05) is 11.9 Å². The third-order valence-electron chi connectivity index (χ3n) is 3.21. The Hall–Kier alpha value is -1.52. The molecular weight excluding hydrogens is 252 g/mol. The molecule has 20 heavy (non-hydrogen) atoms. The minimum atomic E-state index is -0.162. The van der Waals surface area contributed by atoms with Crippen LogP contribution in [-0.2, 0) is 12.5 Å². The smallest absolute Gasteiger partial charge is 0.320 e. The Labute approximate surface area is 122 Å². The summed E-state index contributed by atoms with van der Waals surface area (Å²) in [4.78, 5) is 11.8. The van der Waals surface area contributed by atoms with Crippen molar-refractivity contribution in [1.29, 1.82) is 0 Å². The number of carbonyl (C=O) groups is 1. The largest absolute Gasteiger partial charge is 0.338 e. The van der Waals surface area contributed by atoms with Crippen molar-refractivity contribution < 1.29 is 4.79 Å². The topological polar surface area (TPSA) is 59.0 Å². The highest BCUT2D eigenvalue weighted by Crippen LogP contribution is 2.23. The van der Waals surface area contributed by atoms with Crippen molar-refractivity contribution in [1.82, 2.24) is 15.1 Å². The number of rotatable bonds is 6. The van der Waals surface area contributed by atoms with Gasteiger partial charge in [-0.3, -0.25) is 10.00 Å². The van der Waals surface area contributed by atoms with E-state index >= 15 is 0 Å². The Morgan fingerprint density at radius 1 is 1.30 bits per heavy atom.